The second-order valence-corrected chi connectivity index (χ2v) is 9.76. The summed E-state index contributed by atoms with van der Waals surface area (Å²) in [6, 6.07) is 11.0. The van der Waals surface area contributed by atoms with Gasteiger partial charge in [0.1, 0.15) is 5.52 Å². The van der Waals surface area contributed by atoms with Crippen molar-refractivity contribution in [3.8, 4) is 5.75 Å². The number of hydrogen-bond acceptors (Lipinski definition) is 7. The van der Waals surface area contributed by atoms with Gasteiger partial charge in [0.25, 0.3) is 0 Å². The van der Waals surface area contributed by atoms with Gasteiger partial charge in [-0.1, -0.05) is 36.9 Å². The van der Waals surface area contributed by atoms with E-state index >= 15 is 0 Å². The first-order chi connectivity index (χ1) is 15.8. The lowest BCUT2D eigenvalue weighted by Crippen LogP contribution is -2.26. The van der Waals surface area contributed by atoms with Crippen LogP contribution in [-0.4, -0.2) is 48.2 Å². The van der Waals surface area contributed by atoms with E-state index in [-0.39, 0.29) is 12.2 Å². The van der Waals surface area contributed by atoms with Crippen molar-refractivity contribution < 1.29 is 18.3 Å². The summed E-state index contributed by atoms with van der Waals surface area (Å²) >= 11 is 0. The molecule has 0 aliphatic heterocycles. The van der Waals surface area contributed by atoms with Crippen molar-refractivity contribution in [1.29, 1.82) is 0 Å². The first kappa shape index (κ1) is 22.9. The van der Waals surface area contributed by atoms with Crippen LogP contribution in [0.1, 0.15) is 36.8 Å². The molecule has 0 atom stereocenters. The molecule has 4 rings (SSSR count). The molecule has 8 nitrogen and oxygen atoms in total. The van der Waals surface area contributed by atoms with Crippen LogP contribution in [0, 0.1) is 0 Å². The van der Waals surface area contributed by atoms with Crippen molar-refractivity contribution in [2.45, 2.75) is 37.9 Å². The number of anilines is 2. The van der Waals surface area contributed by atoms with E-state index in [1.807, 2.05) is 18.2 Å². The number of nitrogens with one attached hydrogen (secondary N) is 1. The molecule has 2 aromatic carbocycles. The molecule has 1 aliphatic carbocycles. The molecule has 1 aromatic heterocycles. The molecule has 0 spiro atoms. The summed E-state index contributed by atoms with van der Waals surface area (Å²) in [7, 11) is -3.46. The molecule has 33 heavy (non-hydrogen) atoms. The van der Waals surface area contributed by atoms with Crippen LogP contribution in [0.2, 0.25) is 0 Å². The highest BCUT2D eigenvalue weighted by Crippen LogP contribution is 2.33. The third-order valence-corrected chi connectivity index (χ3v) is 5.91. The summed E-state index contributed by atoms with van der Waals surface area (Å²) < 4.78 is 32.5. The van der Waals surface area contributed by atoms with Crippen LogP contribution < -0.4 is 10.1 Å². The number of nitrogens with zero attached hydrogens (tertiary/aromatic N) is 3. The standard InChI is InChI=1S/C24H26N4O4S/c1-3-17-7-8-18-15-25-24(27-19-6-4-5-16(13-19)14-26-33(2,30)31)28-22(18)23(17)32-21-11-9-20(29)10-12-21/h3-8,13-15,20-21,29H,1,9-12H2,2H3,(H,25,27,28). The number of rotatable bonds is 7. The van der Waals surface area contributed by atoms with Gasteiger partial charge in [-0.2, -0.15) is 4.40 Å². The lowest BCUT2D eigenvalue weighted by atomic mass is 9.95. The molecule has 9 heteroatoms. The Labute approximate surface area is 193 Å². The van der Waals surface area contributed by atoms with Gasteiger partial charge in [0, 0.05) is 29.0 Å². The van der Waals surface area contributed by atoms with Gasteiger partial charge in [-0.15, -0.1) is 0 Å². The Morgan fingerprint density at radius 1 is 1.21 bits per heavy atom. The van der Waals surface area contributed by atoms with E-state index in [4.69, 9.17) is 9.72 Å². The quantitative estimate of drug-likeness (QED) is 0.504. The molecule has 1 heterocycles. The molecule has 0 unspecified atom stereocenters. The lowest BCUT2D eigenvalue weighted by molar-refractivity contribution is 0.0671. The van der Waals surface area contributed by atoms with Crippen LogP contribution in [0.15, 0.2) is 53.6 Å². The predicted molar refractivity (Wildman–Crippen MR) is 131 cm³/mol. The normalized spacial score (nSPS) is 19.0. The molecular formula is C24H26N4O4S. The van der Waals surface area contributed by atoms with E-state index in [1.54, 1.807) is 30.5 Å². The van der Waals surface area contributed by atoms with Gasteiger partial charge in [0.15, 0.2) is 5.75 Å². The van der Waals surface area contributed by atoms with Gasteiger partial charge in [0.05, 0.1) is 18.5 Å². The Balaban J connectivity index is 1.63. The number of aliphatic hydroxyl groups is 1. The van der Waals surface area contributed by atoms with Gasteiger partial charge in [0.2, 0.25) is 16.0 Å². The van der Waals surface area contributed by atoms with E-state index in [0.29, 0.717) is 28.5 Å². The summed E-state index contributed by atoms with van der Waals surface area (Å²) in [6.07, 6.45) is 8.57. The minimum Gasteiger partial charge on any atom is -0.488 e. The van der Waals surface area contributed by atoms with E-state index in [0.717, 1.165) is 42.9 Å². The van der Waals surface area contributed by atoms with Crippen molar-refractivity contribution >= 4 is 44.9 Å². The largest absolute Gasteiger partial charge is 0.488 e. The third kappa shape index (κ3) is 5.94. The van der Waals surface area contributed by atoms with E-state index in [9.17, 15) is 13.5 Å². The Hall–Kier alpha value is -3.30. The Bertz CT molecular complexity index is 1300. The molecule has 3 aromatic rings. The zero-order chi connectivity index (χ0) is 23.4. The maximum atomic E-state index is 11.3. The molecule has 172 valence electrons. The van der Waals surface area contributed by atoms with Crippen molar-refractivity contribution in [3.05, 3.63) is 60.3 Å². The minimum atomic E-state index is -3.46. The molecule has 1 fully saturated rings. The van der Waals surface area contributed by atoms with Gasteiger partial charge in [-0.05, 0) is 43.4 Å². The highest BCUT2D eigenvalue weighted by molar-refractivity contribution is 7.89. The fraction of sp³-hybridized carbons (Fsp3) is 0.292. The van der Waals surface area contributed by atoms with Crippen molar-refractivity contribution in [3.63, 3.8) is 0 Å². The van der Waals surface area contributed by atoms with E-state index < -0.39 is 10.0 Å². The smallest absolute Gasteiger partial charge is 0.250 e. The molecule has 0 bridgehead atoms. The minimum absolute atomic E-state index is 0.00916. The van der Waals surface area contributed by atoms with Crippen molar-refractivity contribution in [1.82, 2.24) is 9.97 Å². The Morgan fingerprint density at radius 2 is 2.00 bits per heavy atom. The number of fused-ring (bicyclic) bond motifs is 1. The molecule has 0 amide bonds. The van der Waals surface area contributed by atoms with Crippen LogP contribution in [-0.2, 0) is 10.0 Å². The topological polar surface area (TPSA) is 114 Å². The number of ether oxygens (including phenoxy) is 1. The SMILES string of the molecule is C=Cc1ccc2cnc(Nc3cccc(C=NS(C)(=O)=O)c3)nc2c1OC1CCC(O)CC1. The number of aliphatic hydroxyl groups excluding tert-OH is 1. The number of hydrogen-bond donors (Lipinski definition) is 2. The highest BCUT2D eigenvalue weighted by atomic mass is 32.2. The number of sulfonamides is 1. The summed E-state index contributed by atoms with van der Waals surface area (Å²) in [5, 5.41) is 13.8. The van der Waals surface area contributed by atoms with Gasteiger partial charge >= 0.3 is 0 Å². The van der Waals surface area contributed by atoms with Crippen LogP contribution in [0.3, 0.4) is 0 Å². The molecule has 2 N–H and O–H groups in total. The maximum Gasteiger partial charge on any atom is 0.250 e. The second-order valence-electron chi connectivity index (χ2n) is 8.09. The zero-order valence-corrected chi connectivity index (χ0v) is 19.1. The van der Waals surface area contributed by atoms with Gasteiger partial charge in [-0.25, -0.2) is 18.4 Å². The number of benzene rings is 2. The molecule has 1 aliphatic rings. The summed E-state index contributed by atoms with van der Waals surface area (Å²) in [5.74, 6) is 1.04. The maximum absolute atomic E-state index is 11.3. The Morgan fingerprint density at radius 3 is 2.73 bits per heavy atom. The monoisotopic (exact) mass is 466 g/mol. The average Bonchev–Trinajstić information content (AvgIpc) is 2.79. The van der Waals surface area contributed by atoms with Crippen LogP contribution in [0.25, 0.3) is 17.0 Å². The summed E-state index contributed by atoms with van der Waals surface area (Å²) in [6.45, 7) is 3.90. The predicted octanol–water partition coefficient (Wildman–Crippen LogP) is 4.08. The zero-order valence-electron chi connectivity index (χ0n) is 18.3. The summed E-state index contributed by atoms with van der Waals surface area (Å²) in [5.41, 5.74) is 2.84. The van der Waals surface area contributed by atoms with Crippen LogP contribution >= 0.6 is 0 Å². The molecule has 1 saturated carbocycles. The molecule has 0 saturated heterocycles. The Kier molecular flexibility index (Phi) is 6.71. The highest BCUT2D eigenvalue weighted by Gasteiger charge is 2.22. The average molecular weight is 467 g/mol. The van der Waals surface area contributed by atoms with Crippen molar-refractivity contribution in [2.75, 3.05) is 11.6 Å². The van der Waals surface area contributed by atoms with Gasteiger partial charge in [-0.3, -0.25) is 0 Å². The molecule has 0 radical (unpaired) electrons. The number of aromatic nitrogens is 2. The van der Waals surface area contributed by atoms with Crippen LogP contribution in [0.5, 0.6) is 5.75 Å². The lowest BCUT2D eigenvalue weighted by Gasteiger charge is -2.27. The van der Waals surface area contributed by atoms with Gasteiger partial charge < -0.3 is 15.2 Å². The van der Waals surface area contributed by atoms with E-state index in [1.165, 1.54) is 6.21 Å². The third-order valence-electron chi connectivity index (χ3n) is 5.42. The first-order valence-corrected chi connectivity index (χ1v) is 12.5. The van der Waals surface area contributed by atoms with Crippen LogP contribution in [0.4, 0.5) is 11.6 Å². The second kappa shape index (κ2) is 9.68. The first-order valence-electron chi connectivity index (χ1n) is 10.7. The van der Waals surface area contributed by atoms with E-state index in [2.05, 4.69) is 21.3 Å². The fourth-order valence-corrected chi connectivity index (χ4v) is 4.06. The van der Waals surface area contributed by atoms with Crippen molar-refractivity contribution in [2.24, 2.45) is 4.40 Å². The molecular weight excluding hydrogens is 440 g/mol. The summed E-state index contributed by atoms with van der Waals surface area (Å²) in [4.78, 5) is 9.10. The fourth-order valence-electron chi connectivity index (χ4n) is 3.74.